The maximum Gasteiger partial charge on any atom is 0.126 e. The fourth-order valence-corrected chi connectivity index (χ4v) is 0.830. The molecule has 1 saturated heterocycles. The van der Waals surface area contributed by atoms with Gasteiger partial charge in [0.05, 0.1) is 13.2 Å². The van der Waals surface area contributed by atoms with Gasteiger partial charge >= 0.3 is 0 Å². The van der Waals surface area contributed by atoms with Gasteiger partial charge in [-0.25, -0.2) is 0 Å². The minimum atomic E-state index is -0.602. The van der Waals surface area contributed by atoms with E-state index >= 15 is 0 Å². The summed E-state index contributed by atoms with van der Waals surface area (Å²) in [5, 5.41) is 12.5. The SMILES string of the molecule is CNC(C)C1(O)COC1. The van der Waals surface area contributed by atoms with E-state index in [4.69, 9.17) is 4.74 Å². The van der Waals surface area contributed by atoms with E-state index in [-0.39, 0.29) is 6.04 Å². The van der Waals surface area contributed by atoms with Crippen LogP contribution in [0.3, 0.4) is 0 Å². The highest BCUT2D eigenvalue weighted by molar-refractivity contribution is 4.93. The fraction of sp³-hybridized carbons (Fsp3) is 1.00. The van der Waals surface area contributed by atoms with Crippen molar-refractivity contribution in [2.75, 3.05) is 20.3 Å². The molecule has 54 valence electrons. The van der Waals surface area contributed by atoms with Crippen molar-refractivity contribution in [2.45, 2.75) is 18.6 Å². The number of aliphatic hydroxyl groups is 1. The van der Waals surface area contributed by atoms with Crippen LogP contribution in [0.2, 0.25) is 0 Å². The summed E-state index contributed by atoms with van der Waals surface area (Å²) in [4.78, 5) is 0. The molecule has 0 aromatic heterocycles. The molecule has 0 saturated carbocycles. The molecule has 0 bridgehead atoms. The number of hydrogen-bond acceptors (Lipinski definition) is 3. The molecule has 9 heavy (non-hydrogen) atoms. The van der Waals surface area contributed by atoms with Crippen LogP contribution in [0, 0.1) is 0 Å². The lowest BCUT2D eigenvalue weighted by atomic mass is 9.94. The zero-order valence-corrected chi connectivity index (χ0v) is 5.85. The maximum atomic E-state index is 9.49. The molecule has 1 fully saturated rings. The van der Waals surface area contributed by atoms with E-state index < -0.39 is 5.60 Å². The molecule has 1 atom stereocenters. The number of rotatable bonds is 2. The van der Waals surface area contributed by atoms with Crippen LogP contribution in [0.25, 0.3) is 0 Å². The summed E-state index contributed by atoms with van der Waals surface area (Å²) in [6.45, 7) is 2.88. The minimum Gasteiger partial charge on any atom is -0.383 e. The molecule has 3 heteroatoms. The summed E-state index contributed by atoms with van der Waals surface area (Å²) in [5.41, 5.74) is -0.602. The summed E-state index contributed by atoms with van der Waals surface area (Å²) >= 11 is 0. The van der Waals surface area contributed by atoms with Gasteiger partial charge in [-0.3, -0.25) is 0 Å². The molecule has 1 aliphatic rings. The molecule has 0 aromatic carbocycles. The third kappa shape index (κ3) is 1.08. The Kier molecular flexibility index (Phi) is 1.75. The molecule has 0 radical (unpaired) electrons. The van der Waals surface area contributed by atoms with Crippen molar-refractivity contribution in [3.8, 4) is 0 Å². The van der Waals surface area contributed by atoms with Crippen molar-refractivity contribution in [1.29, 1.82) is 0 Å². The molecule has 1 aliphatic heterocycles. The number of nitrogens with one attached hydrogen (secondary N) is 1. The smallest absolute Gasteiger partial charge is 0.126 e. The Balaban J connectivity index is 2.38. The molecule has 0 aliphatic carbocycles. The quantitative estimate of drug-likeness (QED) is 0.523. The third-order valence-corrected chi connectivity index (χ3v) is 1.94. The molecule has 1 rings (SSSR count). The van der Waals surface area contributed by atoms with Crippen molar-refractivity contribution in [3.63, 3.8) is 0 Å². The highest BCUT2D eigenvalue weighted by atomic mass is 16.5. The van der Waals surface area contributed by atoms with Gasteiger partial charge in [-0.1, -0.05) is 0 Å². The largest absolute Gasteiger partial charge is 0.383 e. The predicted molar refractivity (Wildman–Crippen MR) is 34.3 cm³/mol. The summed E-state index contributed by atoms with van der Waals surface area (Å²) < 4.78 is 4.87. The zero-order valence-electron chi connectivity index (χ0n) is 5.85. The second-order valence-electron chi connectivity index (χ2n) is 2.61. The van der Waals surface area contributed by atoms with Crippen LogP contribution >= 0.6 is 0 Å². The van der Waals surface area contributed by atoms with Crippen LogP contribution < -0.4 is 5.32 Å². The average Bonchev–Trinajstić information content (AvgIpc) is 1.81. The van der Waals surface area contributed by atoms with Crippen LogP contribution in [-0.2, 0) is 4.74 Å². The predicted octanol–water partition coefficient (Wildman–Crippen LogP) is -0.644. The molecule has 0 aromatic rings. The number of likely N-dealkylation sites (N-methyl/N-ethyl adjacent to an activating group) is 1. The summed E-state index contributed by atoms with van der Waals surface area (Å²) in [5.74, 6) is 0. The zero-order chi connectivity index (χ0) is 6.91. The monoisotopic (exact) mass is 131 g/mol. The topological polar surface area (TPSA) is 41.5 Å². The number of hydrogen-bond donors (Lipinski definition) is 2. The van der Waals surface area contributed by atoms with E-state index in [1.54, 1.807) is 0 Å². The lowest BCUT2D eigenvalue weighted by Crippen LogP contribution is -2.61. The van der Waals surface area contributed by atoms with Gasteiger partial charge in [-0.15, -0.1) is 0 Å². The van der Waals surface area contributed by atoms with E-state index in [1.165, 1.54) is 0 Å². The van der Waals surface area contributed by atoms with Crippen LogP contribution in [0.5, 0.6) is 0 Å². The van der Waals surface area contributed by atoms with E-state index in [0.29, 0.717) is 13.2 Å². The summed E-state index contributed by atoms with van der Waals surface area (Å²) in [6, 6.07) is 0.131. The molecule has 2 N–H and O–H groups in total. The molecular weight excluding hydrogens is 118 g/mol. The van der Waals surface area contributed by atoms with E-state index in [0.717, 1.165) is 0 Å². The number of ether oxygens (including phenoxy) is 1. The lowest BCUT2D eigenvalue weighted by Gasteiger charge is -2.40. The summed E-state index contributed by atoms with van der Waals surface area (Å²) in [6.07, 6.45) is 0. The molecule has 0 spiro atoms. The first-order chi connectivity index (χ1) is 4.19. The normalized spacial score (nSPS) is 27.0. The van der Waals surface area contributed by atoms with Crippen molar-refractivity contribution < 1.29 is 9.84 Å². The first-order valence-electron chi connectivity index (χ1n) is 3.16. The average molecular weight is 131 g/mol. The Morgan fingerprint density at radius 2 is 2.22 bits per heavy atom. The first-order valence-corrected chi connectivity index (χ1v) is 3.16. The van der Waals surface area contributed by atoms with Gasteiger partial charge in [0.25, 0.3) is 0 Å². The summed E-state index contributed by atoms with van der Waals surface area (Å²) in [7, 11) is 1.83. The van der Waals surface area contributed by atoms with Gasteiger partial charge in [-0.05, 0) is 14.0 Å². The molecule has 3 nitrogen and oxygen atoms in total. The van der Waals surface area contributed by atoms with Crippen LogP contribution in [0.15, 0.2) is 0 Å². The Bertz CT molecular complexity index is 101. The van der Waals surface area contributed by atoms with Gasteiger partial charge in [0.2, 0.25) is 0 Å². The van der Waals surface area contributed by atoms with Gasteiger partial charge < -0.3 is 15.2 Å². The standard InChI is InChI=1S/C6H13NO2/c1-5(7-2)6(8)3-9-4-6/h5,7-8H,3-4H2,1-2H3. The van der Waals surface area contributed by atoms with Gasteiger partial charge in [0.1, 0.15) is 5.60 Å². The molecule has 1 heterocycles. The van der Waals surface area contributed by atoms with Gasteiger partial charge in [0, 0.05) is 6.04 Å². The lowest BCUT2D eigenvalue weighted by molar-refractivity contribution is -0.190. The Morgan fingerprint density at radius 1 is 1.67 bits per heavy atom. The van der Waals surface area contributed by atoms with Crippen molar-refractivity contribution >= 4 is 0 Å². The van der Waals surface area contributed by atoms with E-state index in [9.17, 15) is 5.11 Å². The molecular formula is C6H13NO2. The van der Waals surface area contributed by atoms with Crippen LogP contribution in [0.1, 0.15) is 6.92 Å². The van der Waals surface area contributed by atoms with Gasteiger partial charge in [0.15, 0.2) is 0 Å². The van der Waals surface area contributed by atoms with Crippen LogP contribution in [0.4, 0.5) is 0 Å². The molecule has 1 unspecified atom stereocenters. The van der Waals surface area contributed by atoms with Crippen molar-refractivity contribution in [3.05, 3.63) is 0 Å². The second kappa shape index (κ2) is 2.25. The van der Waals surface area contributed by atoms with E-state index in [2.05, 4.69) is 5.32 Å². The fourth-order valence-electron chi connectivity index (χ4n) is 0.830. The molecule has 0 amide bonds. The van der Waals surface area contributed by atoms with Gasteiger partial charge in [-0.2, -0.15) is 0 Å². The minimum absolute atomic E-state index is 0.131. The third-order valence-electron chi connectivity index (χ3n) is 1.94. The Hall–Kier alpha value is -0.120. The van der Waals surface area contributed by atoms with E-state index in [1.807, 2.05) is 14.0 Å². The van der Waals surface area contributed by atoms with Crippen LogP contribution in [-0.4, -0.2) is 37.0 Å². The highest BCUT2D eigenvalue weighted by Gasteiger charge is 2.40. The first kappa shape index (κ1) is 6.99. The highest BCUT2D eigenvalue weighted by Crippen LogP contribution is 2.19. The van der Waals surface area contributed by atoms with Crippen molar-refractivity contribution in [2.24, 2.45) is 0 Å². The Labute approximate surface area is 55.0 Å². The van der Waals surface area contributed by atoms with Crippen molar-refractivity contribution in [1.82, 2.24) is 5.32 Å². The second-order valence-corrected chi connectivity index (χ2v) is 2.61. The Morgan fingerprint density at radius 3 is 2.33 bits per heavy atom. The maximum absolute atomic E-state index is 9.49.